The number of ketones is 1. The van der Waals surface area contributed by atoms with Gasteiger partial charge in [0, 0.05) is 21.3 Å². The van der Waals surface area contributed by atoms with E-state index in [1.807, 2.05) is 0 Å². The molecule has 0 aliphatic carbocycles. The maximum atomic E-state index is 12.3. The van der Waals surface area contributed by atoms with E-state index >= 15 is 0 Å². The first kappa shape index (κ1) is 13.9. The second-order valence-electron chi connectivity index (χ2n) is 3.91. The number of nitrogen functional groups attached to an aromatic ring is 1. The summed E-state index contributed by atoms with van der Waals surface area (Å²) >= 11 is 9.24. The molecule has 0 unspecified atom stereocenters. The summed E-state index contributed by atoms with van der Waals surface area (Å²) in [6.07, 6.45) is 0. The monoisotopic (exact) mass is 339 g/mol. The predicted octanol–water partition coefficient (Wildman–Crippen LogP) is 3.92. The van der Waals surface area contributed by atoms with E-state index in [2.05, 4.69) is 15.9 Å². The summed E-state index contributed by atoms with van der Waals surface area (Å²) in [5.41, 5.74) is 7.34. The summed E-state index contributed by atoms with van der Waals surface area (Å²) in [5.74, 6) is 0.359. The Balaban J connectivity index is 2.41. The molecule has 0 aromatic heterocycles. The van der Waals surface area contributed by atoms with Crippen LogP contribution in [-0.4, -0.2) is 12.9 Å². The number of hydrogen-bond acceptors (Lipinski definition) is 3. The lowest BCUT2D eigenvalue weighted by Crippen LogP contribution is -2.02. The third-order valence-corrected chi connectivity index (χ3v) is 3.67. The van der Waals surface area contributed by atoms with Crippen molar-refractivity contribution in [3.8, 4) is 5.75 Å². The van der Waals surface area contributed by atoms with Crippen molar-refractivity contribution in [2.75, 3.05) is 12.8 Å². The molecule has 0 fully saturated rings. The van der Waals surface area contributed by atoms with Gasteiger partial charge >= 0.3 is 0 Å². The smallest absolute Gasteiger partial charge is 0.193 e. The SMILES string of the molecule is COc1cc(C(=O)c2ccc(N)c(Br)c2)ccc1Cl. The van der Waals surface area contributed by atoms with Gasteiger partial charge in [-0.15, -0.1) is 0 Å². The van der Waals surface area contributed by atoms with Crippen molar-refractivity contribution in [1.82, 2.24) is 0 Å². The van der Waals surface area contributed by atoms with Gasteiger partial charge in [-0.05, 0) is 52.3 Å². The van der Waals surface area contributed by atoms with Gasteiger partial charge in [0.2, 0.25) is 0 Å². The number of methoxy groups -OCH3 is 1. The highest BCUT2D eigenvalue weighted by molar-refractivity contribution is 9.10. The molecule has 0 aliphatic rings. The third-order valence-electron chi connectivity index (χ3n) is 2.68. The van der Waals surface area contributed by atoms with Gasteiger partial charge in [-0.3, -0.25) is 4.79 Å². The van der Waals surface area contributed by atoms with Gasteiger partial charge in [0.05, 0.1) is 12.1 Å². The molecule has 3 nitrogen and oxygen atoms in total. The zero-order valence-electron chi connectivity index (χ0n) is 10.1. The first-order valence-electron chi connectivity index (χ1n) is 5.46. The van der Waals surface area contributed by atoms with Crippen molar-refractivity contribution in [2.24, 2.45) is 0 Å². The fraction of sp³-hybridized carbons (Fsp3) is 0.0714. The Hall–Kier alpha value is -1.52. The van der Waals surface area contributed by atoms with Gasteiger partial charge in [0.1, 0.15) is 5.75 Å². The van der Waals surface area contributed by atoms with Crippen LogP contribution < -0.4 is 10.5 Å². The average molecular weight is 341 g/mol. The molecule has 2 aromatic rings. The van der Waals surface area contributed by atoms with E-state index in [0.717, 1.165) is 0 Å². The van der Waals surface area contributed by atoms with Crippen molar-refractivity contribution in [3.63, 3.8) is 0 Å². The van der Waals surface area contributed by atoms with Gasteiger partial charge in [0.25, 0.3) is 0 Å². The third kappa shape index (κ3) is 2.91. The number of halogens is 2. The molecule has 19 heavy (non-hydrogen) atoms. The zero-order chi connectivity index (χ0) is 14.0. The Morgan fingerprint density at radius 1 is 1.21 bits per heavy atom. The number of carbonyl (C=O) groups excluding carboxylic acids is 1. The molecule has 0 bridgehead atoms. The van der Waals surface area contributed by atoms with Gasteiger partial charge in [-0.2, -0.15) is 0 Å². The second-order valence-corrected chi connectivity index (χ2v) is 5.18. The van der Waals surface area contributed by atoms with Gasteiger partial charge in [0.15, 0.2) is 5.78 Å². The molecule has 0 aliphatic heterocycles. The number of ether oxygens (including phenoxy) is 1. The minimum atomic E-state index is -0.115. The van der Waals surface area contributed by atoms with E-state index in [0.29, 0.717) is 32.1 Å². The van der Waals surface area contributed by atoms with Crippen LogP contribution >= 0.6 is 27.5 Å². The molecule has 0 amide bonds. The molecule has 0 spiro atoms. The minimum Gasteiger partial charge on any atom is -0.495 e. The van der Waals surface area contributed by atoms with Crippen LogP contribution in [0.3, 0.4) is 0 Å². The summed E-state index contributed by atoms with van der Waals surface area (Å²) in [5, 5.41) is 0.470. The van der Waals surface area contributed by atoms with Crippen LogP contribution in [0.15, 0.2) is 40.9 Å². The molecule has 2 N–H and O–H groups in total. The fourth-order valence-electron chi connectivity index (χ4n) is 1.64. The standard InChI is InChI=1S/C14H11BrClNO2/c1-19-13-7-9(2-4-11(13)16)14(18)8-3-5-12(17)10(15)6-8/h2-7H,17H2,1H3. The second kappa shape index (κ2) is 5.63. The molecule has 0 atom stereocenters. The first-order chi connectivity index (χ1) is 9.02. The average Bonchev–Trinajstić information content (AvgIpc) is 2.41. The Labute approximate surface area is 124 Å². The van der Waals surface area contributed by atoms with Crippen molar-refractivity contribution in [1.29, 1.82) is 0 Å². The first-order valence-corrected chi connectivity index (χ1v) is 6.63. The highest BCUT2D eigenvalue weighted by atomic mass is 79.9. The summed E-state index contributed by atoms with van der Waals surface area (Å²) in [6, 6.07) is 9.99. The van der Waals surface area contributed by atoms with E-state index in [9.17, 15) is 4.79 Å². The normalized spacial score (nSPS) is 10.3. The molecular formula is C14H11BrClNO2. The number of rotatable bonds is 3. The molecule has 0 saturated carbocycles. The fourth-order valence-corrected chi connectivity index (χ4v) is 2.21. The quantitative estimate of drug-likeness (QED) is 0.680. The molecule has 0 heterocycles. The van der Waals surface area contributed by atoms with Gasteiger partial charge in [-0.25, -0.2) is 0 Å². The maximum Gasteiger partial charge on any atom is 0.193 e. The molecule has 2 aromatic carbocycles. The topological polar surface area (TPSA) is 52.3 Å². The van der Waals surface area contributed by atoms with Gasteiger partial charge in [-0.1, -0.05) is 11.6 Å². The molecule has 5 heteroatoms. The molecular weight excluding hydrogens is 330 g/mol. The summed E-state index contributed by atoms with van der Waals surface area (Å²) in [6.45, 7) is 0. The number of carbonyl (C=O) groups is 1. The Kier molecular flexibility index (Phi) is 4.12. The van der Waals surface area contributed by atoms with Crippen LogP contribution in [0, 0.1) is 0 Å². The molecule has 0 radical (unpaired) electrons. The lowest BCUT2D eigenvalue weighted by atomic mass is 10.0. The molecule has 98 valence electrons. The zero-order valence-corrected chi connectivity index (χ0v) is 12.5. The summed E-state index contributed by atoms with van der Waals surface area (Å²) in [4.78, 5) is 12.3. The van der Waals surface area contributed by atoms with Crippen molar-refractivity contribution < 1.29 is 9.53 Å². The van der Waals surface area contributed by atoms with Crippen LogP contribution in [0.5, 0.6) is 5.75 Å². The van der Waals surface area contributed by atoms with Crippen molar-refractivity contribution in [3.05, 3.63) is 57.0 Å². The highest BCUT2D eigenvalue weighted by Gasteiger charge is 2.12. The summed E-state index contributed by atoms with van der Waals surface area (Å²) in [7, 11) is 1.51. The van der Waals surface area contributed by atoms with E-state index in [-0.39, 0.29) is 5.78 Å². The minimum absolute atomic E-state index is 0.115. The number of hydrogen-bond donors (Lipinski definition) is 1. The predicted molar refractivity (Wildman–Crippen MR) is 80.0 cm³/mol. The van der Waals surface area contributed by atoms with Crippen molar-refractivity contribution in [2.45, 2.75) is 0 Å². The Morgan fingerprint density at radius 3 is 2.47 bits per heavy atom. The van der Waals surface area contributed by atoms with Crippen molar-refractivity contribution >= 4 is 39.0 Å². The van der Waals surface area contributed by atoms with E-state index in [4.69, 9.17) is 22.1 Å². The van der Waals surface area contributed by atoms with Crippen LogP contribution in [0.1, 0.15) is 15.9 Å². The number of anilines is 1. The van der Waals surface area contributed by atoms with E-state index in [1.165, 1.54) is 7.11 Å². The number of nitrogens with two attached hydrogens (primary N) is 1. The van der Waals surface area contributed by atoms with Crippen LogP contribution in [-0.2, 0) is 0 Å². The van der Waals surface area contributed by atoms with Gasteiger partial charge < -0.3 is 10.5 Å². The van der Waals surface area contributed by atoms with Crippen LogP contribution in [0.4, 0.5) is 5.69 Å². The van der Waals surface area contributed by atoms with E-state index in [1.54, 1.807) is 36.4 Å². The maximum absolute atomic E-state index is 12.3. The Morgan fingerprint density at radius 2 is 1.84 bits per heavy atom. The number of benzene rings is 2. The van der Waals surface area contributed by atoms with E-state index < -0.39 is 0 Å². The molecule has 0 saturated heterocycles. The lowest BCUT2D eigenvalue weighted by Gasteiger charge is -2.07. The molecule has 2 rings (SSSR count). The van der Waals surface area contributed by atoms with Crippen LogP contribution in [0.25, 0.3) is 0 Å². The largest absolute Gasteiger partial charge is 0.495 e. The summed E-state index contributed by atoms with van der Waals surface area (Å²) < 4.78 is 5.79. The van der Waals surface area contributed by atoms with Crippen LogP contribution in [0.2, 0.25) is 5.02 Å². The highest BCUT2D eigenvalue weighted by Crippen LogP contribution is 2.27. The Bertz CT molecular complexity index is 643. The lowest BCUT2D eigenvalue weighted by molar-refractivity contribution is 0.103.